The number of ketones is 1. The monoisotopic (exact) mass is 364 g/mol. The van der Waals surface area contributed by atoms with Crippen molar-refractivity contribution in [1.29, 1.82) is 0 Å². The van der Waals surface area contributed by atoms with Crippen LogP contribution in [0.1, 0.15) is 15.9 Å². The highest BCUT2D eigenvalue weighted by atomic mass is 35.5. The Bertz CT molecular complexity index is 685. The Morgan fingerprint density at radius 1 is 1.00 bits per heavy atom. The fourth-order valence-corrected chi connectivity index (χ4v) is 3.42. The van der Waals surface area contributed by atoms with Gasteiger partial charge in [0.1, 0.15) is 0 Å². The van der Waals surface area contributed by atoms with Gasteiger partial charge in [0.25, 0.3) is 0 Å². The lowest BCUT2D eigenvalue weighted by atomic mass is 10.0. The Labute approximate surface area is 141 Å². The molecule has 0 aliphatic rings. The third-order valence-corrected chi connectivity index (χ3v) is 5.05. The van der Waals surface area contributed by atoms with Crippen molar-refractivity contribution >= 4 is 63.9 Å². The van der Waals surface area contributed by atoms with Crippen molar-refractivity contribution in [1.82, 2.24) is 0 Å². The Morgan fingerprint density at radius 2 is 1.65 bits per heavy atom. The lowest BCUT2D eigenvalue weighted by molar-refractivity contribution is 0.103. The number of hydrogen-bond donors (Lipinski definition) is 0. The molecule has 0 atom stereocenters. The van der Waals surface area contributed by atoms with Gasteiger partial charge in [-0.25, -0.2) is 0 Å². The molecule has 0 saturated carbocycles. The van der Waals surface area contributed by atoms with Gasteiger partial charge in [-0.05, 0) is 24.5 Å². The van der Waals surface area contributed by atoms with E-state index in [0.29, 0.717) is 5.56 Å². The minimum atomic E-state index is -0.275. The van der Waals surface area contributed by atoms with Gasteiger partial charge in [0, 0.05) is 10.5 Å². The van der Waals surface area contributed by atoms with Crippen molar-refractivity contribution in [2.24, 2.45) is 0 Å². The molecular formula is C14H8Cl4OS. The SMILES string of the molecule is CSc1ccccc1C(=O)c1c(Cl)cc(Cl)c(Cl)c1Cl. The predicted molar refractivity (Wildman–Crippen MR) is 88.1 cm³/mol. The number of carbonyl (C=O) groups is 1. The summed E-state index contributed by atoms with van der Waals surface area (Å²) in [6, 6.07) is 8.65. The van der Waals surface area contributed by atoms with E-state index in [0.717, 1.165) is 4.90 Å². The summed E-state index contributed by atoms with van der Waals surface area (Å²) < 4.78 is 0. The van der Waals surface area contributed by atoms with Crippen molar-refractivity contribution < 1.29 is 4.79 Å². The molecule has 2 rings (SSSR count). The quantitative estimate of drug-likeness (QED) is 0.276. The maximum Gasteiger partial charge on any atom is 0.197 e. The molecule has 0 radical (unpaired) electrons. The molecule has 0 aromatic heterocycles. The van der Waals surface area contributed by atoms with Crippen molar-refractivity contribution in [3.8, 4) is 0 Å². The minimum Gasteiger partial charge on any atom is -0.288 e. The number of hydrogen-bond acceptors (Lipinski definition) is 2. The standard InChI is InChI=1S/C14H8Cl4OS/c1-20-10-5-3-2-4-7(10)14(19)11-8(15)6-9(16)12(17)13(11)18/h2-6H,1H3. The molecule has 6 heteroatoms. The summed E-state index contributed by atoms with van der Waals surface area (Å²) in [6.45, 7) is 0. The number of halogens is 4. The van der Waals surface area contributed by atoms with Crippen molar-refractivity contribution in [2.45, 2.75) is 4.90 Å². The van der Waals surface area contributed by atoms with Gasteiger partial charge in [-0.1, -0.05) is 58.5 Å². The highest BCUT2D eigenvalue weighted by Crippen LogP contribution is 2.39. The van der Waals surface area contributed by atoms with Gasteiger partial charge in [-0.3, -0.25) is 4.79 Å². The molecular weight excluding hydrogens is 358 g/mol. The number of thioether (sulfide) groups is 1. The average molecular weight is 366 g/mol. The summed E-state index contributed by atoms with van der Waals surface area (Å²) in [7, 11) is 0. The van der Waals surface area contributed by atoms with Crippen LogP contribution in [-0.4, -0.2) is 12.0 Å². The number of rotatable bonds is 3. The summed E-state index contributed by atoms with van der Waals surface area (Å²) in [5.74, 6) is -0.275. The number of carbonyl (C=O) groups excluding carboxylic acids is 1. The molecule has 2 aromatic rings. The van der Waals surface area contributed by atoms with Crippen LogP contribution in [0.4, 0.5) is 0 Å². The van der Waals surface area contributed by atoms with Crippen LogP contribution in [-0.2, 0) is 0 Å². The van der Waals surface area contributed by atoms with E-state index in [-0.39, 0.29) is 31.4 Å². The Hall–Kier alpha value is -0.380. The molecule has 0 bridgehead atoms. The van der Waals surface area contributed by atoms with Crippen LogP contribution in [0.5, 0.6) is 0 Å². The maximum absolute atomic E-state index is 12.6. The van der Waals surface area contributed by atoms with Crippen LogP contribution in [0.25, 0.3) is 0 Å². The zero-order valence-electron chi connectivity index (χ0n) is 10.2. The fraction of sp³-hybridized carbons (Fsp3) is 0.0714. The molecule has 0 spiro atoms. The van der Waals surface area contributed by atoms with E-state index in [9.17, 15) is 4.79 Å². The minimum absolute atomic E-state index is 0.0741. The van der Waals surface area contributed by atoms with E-state index >= 15 is 0 Å². The lowest BCUT2D eigenvalue weighted by Crippen LogP contribution is -2.05. The van der Waals surface area contributed by atoms with Crippen molar-refractivity contribution in [3.63, 3.8) is 0 Å². The predicted octanol–water partition coefficient (Wildman–Crippen LogP) is 6.25. The van der Waals surface area contributed by atoms with E-state index in [1.54, 1.807) is 12.1 Å². The molecule has 2 aromatic carbocycles. The molecule has 0 heterocycles. The van der Waals surface area contributed by atoms with Crippen LogP contribution >= 0.6 is 58.2 Å². The van der Waals surface area contributed by atoms with E-state index in [4.69, 9.17) is 46.4 Å². The summed E-state index contributed by atoms with van der Waals surface area (Å²) >= 11 is 25.5. The molecule has 0 aliphatic heterocycles. The Kier molecular flexibility index (Phi) is 5.27. The van der Waals surface area contributed by atoms with Crippen LogP contribution < -0.4 is 0 Å². The van der Waals surface area contributed by atoms with Crippen LogP contribution in [0, 0.1) is 0 Å². The topological polar surface area (TPSA) is 17.1 Å². The molecule has 0 aliphatic carbocycles. The molecule has 0 fully saturated rings. The molecule has 20 heavy (non-hydrogen) atoms. The second-order valence-corrected chi connectivity index (χ2v) is 6.29. The van der Waals surface area contributed by atoms with Gasteiger partial charge in [0.15, 0.2) is 5.78 Å². The van der Waals surface area contributed by atoms with E-state index in [2.05, 4.69) is 0 Å². The first-order valence-electron chi connectivity index (χ1n) is 5.48. The van der Waals surface area contributed by atoms with Crippen LogP contribution in [0.15, 0.2) is 35.2 Å². The van der Waals surface area contributed by atoms with E-state index in [1.165, 1.54) is 17.8 Å². The van der Waals surface area contributed by atoms with Crippen LogP contribution in [0.2, 0.25) is 20.1 Å². The third kappa shape index (κ3) is 2.95. The van der Waals surface area contributed by atoms with Gasteiger partial charge in [0.2, 0.25) is 0 Å². The normalized spacial score (nSPS) is 10.7. The Balaban J connectivity index is 2.63. The first-order valence-corrected chi connectivity index (χ1v) is 8.21. The van der Waals surface area contributed by atoms with Crippen molar-refractivity contribution in [2.75, 3.05) is 6.26 Å². The van der Waals surface area contributed by atoms with Gasteiger partial charge in [-0.15, -0.1) is 11.8 Å². The van der Waals surface area contributed by atoms with E-state index in [1.807, 2.05) is 18.4 Å². The molecule has 0 unspecified atom stereocenters. The van der Waals surface area contributed by atoms with Gasteiger partial charge in [-0.2, -0.15) is 0 Å². The summed E-state index contributed by atoms with van der Waals surface area (Å²) in [5.41, 5.74) is 0.700. The first-order chi connectivity index (χ1) is 9.47. The molecule has 1 nitrogen and oxygen atoms in total. The zero-order valence-corrected chi connectivity index (χ0v) is 14.1. The van der Waals surface area contributed by atoms with Crippen LogP contribution in [0.3, 0.4) is 0 Å². The lowest BCUT2D eigenvalue weighted by Gasteiger charge is -2.11. The second kappa shape index (κ2) is 6.59. The molecule has 0 saturated heterocycles. The fourth-order valence-electron chi connectivity index (χ4n) is 1.74. The highest BCUT2D eigenvalue weighted by Gasteiger charge is 2.22. The van der Waals surface area contributed by atoms with Gasteiger partial charge in [0.05, 0.1) is 25.7 Å². The first kappa shape index (κ1) is 16.0. The summed E-state index contributed by atoms with van der Waals surface area (Å²) in [5, 5.41) is 0.606. The largest absolute Gasteiger partial charge is 0.288 e. The van der Waals surface area contributed by atoms with Crippen molar-refractivity contribution in [3.05, 3.63) is 61.5 Å². The third-order valence-electron chi connectivity index (χ3n) is 2.69. The molecule has 0 amide bonds. The zero-order chi connectivity index (χ0) is 14.9. The van der Waals surface area contributed by atoms with Gasteiger partial charge >= 0.3 is 0 Å². The van der Waals surface area contributed by atoms with E-state index < -0.39 is 0 Å². The number of benzene rings is 2. The maximum atomic E-state index is 12.6. The summed E-state index contributed by atoms with van der Waals surface area (Å²) in [4.78, 5) is 13.5. The molecule has 104 valence electrons. The summed E-state index contributed by atoms with van der Waals surface area (Å²) in [6.07, 6.45) is 1.89. The molecule has 0 N–H and O–H groups in total. The Morgan fingerprint density at radius 3 is 2.30 bits per heavy atom. The highest BCUT2D eigenvalue weighted by molar-refractivity contribution is 7.98. The second-order valence-electron chi connectivity index (χ2n) is 3.87. The smallest absolute Gasteiger partial charge is 0.197 e. The van der Waals surface area contributed by atoms with Gasteiger partial charge < -0.3 is 0 Å². The average Bonchev–Trinajstić information content (AvgIpc) is 2.44.